The largest absolute Gasteiger partial charge is 0.486 e. The fraction of sp³-hybridized carbons (Fsp3) is 0.348. The van der Waals surface area contributed by atoms with E-state index in [0.29, 0.717) is 19.8 Å². The molecule has 1 aliphatic rings. The van der Waals surface area contributed by atoms with Crippen LogP contribution in [0.15, 0.2) is 48.7 Å². The third-order valence-electron chi connectivity index (χ3n) is 5.20. The highest BCUT2D eigenvalue weighted by Crippen LogP contribution is 2.34. The van der Waals surface area contributed by atoms with Gasteiger partial charge in [0.25, 0.3) is 0 Å². The van der Waals surface area contributed by atoms with E-state index in [4.69, 9.17) is 9.47 Å². The third kappa shape index (κ3) is 4.78. The lowest BCUT2D eigenvalue weighted by Crippen LogP contribution is -2.26. The summed E-state index contributed by atoms with van der Waals surface area (Å²) in [6, 6.07) is 14.4. The minimum Gasteiger partial charge on any atom is -0.486 e. The van der Waals surface area contributed by atoms with Crippen LogP contribution in [0.25, 0.3) is 11.3 Å². The van der Waals surface area contributed by atoms with Gasteiger partial charge in [-0.2, -0.15) is 5.10 Å². The summed E-state index contributed by atoms with van der Waals surface area (Å²) in [6.45, 7) is 4.79. The van der Waals surface area contributed by atoms with Gasteiger partial charge in [-0.25, -0.2) is 0 Å². The fourth-order valence-electron chi connectivity index (χ4n) is 3.56. The van der Waals surface area contributed by atoms with E-state index in [9.17, 15) is 5.11 Å². The second-order valence-electron chi connectivity index (χ2n) is 7.50. The number of hydrogen-bond acceptors (Lipinski definition) is 5. The van der Waals surface area contributed by atoms with Crippen LogP contribution in [-0.4, -0.2) is 41.7 Å². The van der Waals surface area contributed by atoms with E-state index >= 15 is 0 Å². The minimum absolute atomic E-state index is 0.154. The third-order valence-corrected chi connectivity index (χ3v) is 5.20. The van der Waals surface area contributed by atoms with E-state index in [2.05, 4.69) is 46.7 Å². The van der Waals surface area contributed by atoms with Crippen molar-refractivity contribution in [1.82, 2.24) is 15.5 Å². The van der Waals surface area contributed by atoms with Crippen LogP contribution in [0, 0.1) is 12.8 Å². The van der Waals surface area contributed by atoms with Crippen LogP contribution in [0.5, 0.6) is 11.5 Å². The number of nitrogens with one attached hydrogen (secondary N) is 2. The first kappa shape index (κ1) is 19.5. The van der Waals surface area contributed by atoms with E-state index in [1.807, 2.05) is 24.4 Å². The molecule has 4 rings (SSSR count). The predicted octanol–water partition coefficient (Wildman–Crippen LogP) is 3.10. The monoisotopic (exact) mass is 393 g/mol. The molecule has 0 fully saturated rings. The number of rotatable bonds is 8. The van der Waals surface area contributed by atoms with Crippen molar-refractivity contribution < 1.29 is 14.6 Å². The highest BCUT2D eigenvalue weighted by molar-refractivity contribution is 5.66. The molecule has 2 heterocycles. The molecule has 1 aromatic heterocycles. The number of ether oxygens (including phenoxy) is 2. The summed E-state index contributed by atoms with van der Waals surface area (Å²) in [7, 11) is 0. The molecule has 29 heavy (non-hydrogen) atoms. The molecule has 1 aliphatic heterocycles. The lowest BCUT2D eigenvalue weighted by atomic mass is 9.99. The van der Waals surface area contributed by atoms with Crippen molar-refractivity contribution in [3.63, 3.8) is 0 Å². The first-order valence-electron chi connectivity index (χ1n) is 10.0. The summed E-state index contributed by atoms with van der Waals surface area (Å²) in [6.07, 6.45) is 2.69. The van der Waals surface area contributed by atoms with E-state index < -0.39 is 0 Å². The Balaban J connectivity index is 1.37. The number of hydrogen-bond donors (Lipinski definition) is 3. The molecule has 3 N–H and O–H groups in total. The maximum absolute atomic E-state index is 9.76. The van der Waals surface area contributed by atoms with Crippen LogP contribution in [0.4, 0.5) is 0 Å². The molecular weight excluding hydrogens is 366 g/mol. The first-order valence-corrected chi connectivity index (χ1v) is 10.0. The number of H-pyrrole nitrogens is 1. The van der Waals surface area contributed by atoms with Gasteiger partial charge in [-0.3, -0.25) is 5.10 Å². The lowest BCUT2D eigenvalue weighted by Gasteiger charge is -2.19. The molecule has 6 nitrogen and oxygen atoms in total. The molecule has 0 bridgehead atoms. The van der Waals surface area contributed by atoms with E-state index in [-0.39, 0.29) is 12.5 Å². The number of aliphatic hydroxyl groups excluding tert-OH is 1. The van der Waals surface area contributed by atoms with Gasteiger partial charge in [-0.05, 0) is 43.0 Å². The molecule has 0 aliphatic carbocycles. The molecule has 0 radical (unpaired) electrons. The molecule has 0 saturated heterocycles. The highest BCUT2D eigenvalue weighted by Gasteiger charge is 2.15. The Bertz CT molecular complexity index is 937. The quantitative estimate of drug-likeness (QED) is 0.548. The number of benzene rings is 2. The number of aromatic nitrogens is 2. The summed E-state index contributed by atoms with van der Waals surface area (Å²) >= 11 is 0. The zero-order valence-electron chi connectivity index (χ0n) is 16.6. The first-order chi connectivity index (χ1) is 14.2. The molecule has 0 spiro atoms. The normalized spacial score (nSPS) is 14.0. The topological polar surface area (TPSA) is 79.4 Å². The van der Waals surface area contributed by atoms with Gasteiger partial charge in [0.2, 0.25) is 0 Å². The van der Waals surface area contributed by atoms with Gasteiger partial charge in [0.05, 0.1) is 11.9 Å². The van der Waals surface area contributed by atoms with Gasteiger partial charge >= 0.3 is 0 Å². The van der Waals surface area contributed by atoms with Gasteiger partial charge in [0.1, 0.15) is 13.2 Å². The highest BCUT2D eigenvalue weighted by atomic mass is 16.6. The number of aromatic amines is 1. The second-order valence-corrected chi connectivity index (χ2v) is 7.50. The maximum atomic E-state index is 9.76. The number of aliphatic hydroxyl groups is 1. The molecular formula is C23H27N3O3. The Labute approximate surface area is 170 Å². The van der Waals surface area contributed by atoms with Crippen molar-refractivity contribution >= 4 is 0 Å². The minimum atomic E-state index is 0.154. The zero-order valence-corrected chi connectivity index (χ0v) is 16.6. The molecule has 2 aromatic carbocycles. The van der Waals surface area contributed by atoms with E-state index in [1.54, 1.807) is 0 Å². The van der Waals surface area contributed by atoms with Gasteiger partial charge in [-0.15, -0.1) is 0 Å². The van der Waals surface area contributed by atoms with Crippen LogP contribution in [0.2, 0.25) is 0 Å². The van der Waals surface area contributed by atoms with Gasteiger partial charge in [0.15, 0.2) is 11.5 Å². The predicted molar refractivity (Wildman–Crippen MR) is 112 cm³/mol. The Hall–Kier alpha value is -2.83. The molecule has 1 atom stereocenters. The molecule has 152 valence electrons. The summed E-state index contributed by atoms with van der Waals surface area (Å²) < 4.78 is 11.3. The molecule has 0 amide bonds. The Morgan fingerprint density at radius 3 is 2.69 bits per heavy atom. The Morgan fingerprint density at radius 1 is 1.10 bits per heavy atom. The van der Waals surface area contributed by atoms with Crippen LogP contribution < -0.4 is 14.8 Å². The van der Waals surface area contributed by atoms with Crippen molar-refractivity contribution in [2.75, 3.05) is 26.4 Å². The van der Waals surface area contributed by atoms with Crippen molar-refractivity contribution in [3.05, 3.63) is 65.4 Å². The van der Waals surface area contributed by atoms with Gasteiger partial charge in [0, 0.05) is 30.8 Å². The molecule has 3 aromatic rings. The van der Waals surface area contributed by atoms with Gasteiger partial charge < -0.3 is 19.9 Å². The van der Waals surface area contributed by atoms with E-state index in [0.717, 1.165) is 41.3 Å². The van der Waals surface area contributed by atoms with Crippen molar-refractivity contribution in [2.24, 2.45) is 5.92 Å². The SMILES string of the molecule is Cc1ccc(C[C@H](CO)CNCc2cn[nH]c2-c2ccc3c(c2)OCCO3)cc1. The van der Waals surface area contributed by atoms with E-state index in [1.165, 1.54) is 11.1 Å². The number of nitrogens with zero attached hydrogens (tertiary/aromatic N) is 1. The average molecular weight is 393 g/mol. The molecule has 0 unspecified atom stereocenters. The smallest absolute Gasteiger partial charge is 0.162 e. The maximum Gasteiger partial charge on any atom is 0.162 e. The molecule has 6 heteroatoms. The Morgan fingerprint density at radius 2 is 1.90 bits per heavy atom. The summed E-state index contributed by atoms with van der Waals surface area (Å²) in [4.78, 5) is 0. The van der Waals surface area contributed by atoms with Crippen molar-refractivity contribution in [3.8, 4) is 22.8 Å². The average Bonchev–Trinajstić information content (AvgIpc) is 3.22. The van der Waals surface area contributed by atoms with Crippen molar-refractivity contribution in [1.29, 1.82) is 0 Å². The fourth-order valence-corrected chi connectivity index (χ4v) is 3.56. The number of aryl methyl sites for hydroxylation is 1. The van der Waals surface area contributed by atoms with Crippen LogP contribution >= 0.6 is 0 Å². The second kappa shape index (κ2) is 9.11. The van der Waals surface area contributed by atoms with Gasteiger partial charge in [-0.1, -0.05) is 29.8 Å². The summed E-state index contributed by atoms with van der Waals surface area (Å²) in [5.74, 6) is 1.71. The Kier molecular flexibility index (Phi) is 6.12. The van der Waals surface area contributed by atoms with Crippen LogP contribution in [0.3, 0.4) is 0 Å². The standard InChI is InChI=1S/C23H27N3O3/c1-16-2-4-17(5-3-16)10-18(15-27)12-24-13-20-14-25-26-23(20)19-6-7-21-22(11-19)29-9-8-28-21/h2-7,11,14,18,24,27H,8-10,12-13,15H2,1H3,(H,25,26)/t18-/m0/s1. The van der Waals surface area contributed by atoms with Crippen LogP contribution in [-0.2, 0) is 13.0 Å². The van der Waals surface area contributed by atoms with Crippen LogP contribution in [0.1, 0.15) is 16.7 Å². The zero-order chi connectivity index (χ0) is 20.1. The summed E-state index contributed by atoms with van der Waals surface area (Å²) in [5.41, 5.74) is 5.56. The molecule has 0 saturated carbocycles. The number of fused-ring (bicyclic) bond motifs is 1. The summed E-state index contributed by atoms with van der Waals surface area (Å²) in [5, 5.41) is 20.5. The van der Waals surface area contributed by atoms with Crippen molar-refractivity contribution in [2.45, 2.75) is 19.9 Å². The lowest BCUT2D eigenvalue weighted by molar-refractivity contribution is 0.171.